The summed E-state index contributed by atoms with van der Waals surface area (Å²) in [6.07, 6.45) is 4.36. The highest BCUT2D eigenvalue weighted by molar-refractivity contribution is 5.56. The summed E-state index contributed by atoms with van der Waals surface area (Å²) in [4.78, 5) is 0. The summed E-state index contributed by atoms with van der Waals surface area (Å²) in [7, 11) is 0. The fourth-order valence-corrected chi connectivity index (χ4v) is 2.58. The van der Waals surface area contributed by atoms with Gasteiger partial charge in [0.05, 0.1) is 0 Å². The van der Waals surface area contributed by atoms with E-state index in [-0.39, 0.29) is 0 Å². The van der Waals surface area contributed by atoms with Crippen molar-refractivity contribution < 1.29 is 9.13 Å². The van der Waals surface area contributed by atoms with E-state index in [0.717, 1.165) is 13.1 Å². The van der Waals surface area contributed by atoms with Crippen LogP contribution in [0, 0.1) is 13.8 Å². The minimum Gasteiger partial charge on any atom is -0.186 e. The van der Waals surface area contributed by atoms with Crippen LogP contribution in [0.4, 0.5) is 0 Å². The average molecular weight is 212 g/mol. The Hall–Kier alpha value is -1.70. The molecule has 3 heterocycles. The largest absolute Gasteiger partial charge is 0.280 e. The molecule has 2 aromatic heterocycles. The van der Waals surface area contributed by atoms with Gasteiger partial charge in [0.2, 0.25) is 13.1 Å². The molecule has 0 N–H and O–H groups in total. The van der Waals surface area contributed by atoms with E-state index in [1.165, 1.54) is 22.5 Å². The molecule has 1 aliphatic rings. The Morgan fingerprint density at radius 3 is 1.69 bits per heavy atom. The van der Waals surface area contributed by atoms with E-state index in [9.17, 15) is 0 Å². The van der Waals surface area contributed by atoms with Gasteiger partial charge in [-0.3, -0.25) is 0 Å². The minimum absolute atomic E-state index is 1.07. The maximum atomic E-state index is 2.36. The van der Waals surface area contributed by atoms with Crippen molar-refractivity contribution in [3.05, 3.63) is 47.8 Å². The van der Waals surface area contributed by atoms with Gasteiger partial charge in [0, 0.05) is 23.3 Å². The summed E-state index contributed by atoms with van der Waals surface area (Å²) < 4.78 is 4.72. The van der Waals surface area contributed by atoms with Crippen LogP contribution in [0.2, 0.25) is 0 Å². The van der Waals surface area contributed by atoms with Gasteiger partial charge in [-0.25, -0.2) is 0 Å². The summed E-state index contributed by atoms with van der Waals surface area (Å²) in [5.41, 5.74) is 5.44. The minimum atomic E-state index is 1.07. The molecule has 0 spiro atoms. The van der Waals surface area contributed by atoms with Crippen LogP contribution in [-0.4, -0.2) is 0 Å². The summed E-state index contributed by atoms with van der Waals surface area (Å²) >= 11 is 0. The Kier molecular flexibility index (Phi) is 2.03. The van der Waals surface area contributed by atoms with Gasteiger partial charge < -0.3 is 0 Å². The molecular formula is C14H16N2+2. The number of aromatic nitrogens is 2. The fraction of sp³-hybridized carbons (Fsp3) is 0.286. The van der Waals surface area contributed by atoms with Crippen LogP contribution >= 0.6 is 0 Å². The molecule has 16 heavy (non-hydrogen) atoms. The molecule has 0 unspecified atom stereocenters. The molecule has 0 aromatic carbocycles. The number of pyridine rings is 2. The summed E-state index contributed by atoms with van der Waals surface area (Å²) in [6.45, 7) is 6.51. The van der Waals surface area contributed by atoms with E-state index < -0.39 is 0 Å². The van der Waals surface area contributed by atoms with E-state index in [1.54, 1.807) is 0 Å². The van der Waals surface area contributed by atoms with Gasteiger partial charge in [0.15, 0.2) is 12.4 Å². The van der Waals surface area contributed by atoms with Gasteiger partial charge in [-0.1, -0.05) is 0 Å². The van der Waals surface area contributed by atoms with Gasteiger partial charge in [-0.05, 0) is 26.0 Å². The second kappa shape index (κ2) is 3.41. The first kappa shape index (κ1) is 9.52. The third-order valence-corrected chi connectivity index (χ3v) is 3.35. The standard InChI is InChI=1S/C14H16N2/c1-11-5-3-7-15-9-10-16-8-4-6-12(2)14(16)13(11)15/h3-8H,9-10H2,1-2H3/q+2. The lowest BCUT2D eigenvalue weighted by Gasteiger charge is -2.12. The normalized spacial score (nSPS) is 13.1. The lowest BCUT2D eigenvalue weighted by atomic mass is 10.0. The lowest BCUT2D eigenvalue weighted by molar-refractivity contribution is -0.795. The van der Waals surface area contributed by atoms with Gasteiger partial charge >= 0.3 is 0 Å². The molecule has 0 amide bonds. The van der Waals surface area contributed by atoms with Crippen molar-refractivity contribution in [1.29, 1.82) is 0 Å². The van der Waals surface area contributed by atoms with Crippen LogP contribution in [0.1, 0.15) is 11.1 Å². The quantitative estimate of drug-likeness (QED) is 0.585. The Labute approximate surface area is 95.8 Å². The molecule has 2 nitrogen and oxygen atoms in total. The van der Waals surface area contributed by atoms with Gasteiger partial charge in [-0.15, -0.1) is 0 Å². The molecule has 1 aliphatic heterocycles. The van der Waals surface area contributed by atoms with Crippen molar-refractivity contribution in [1.82, 2.24) is 0 Å². The molecule has 0 radical (unpaired) electrons. The predicted molar refractivity (Wildman–Crippen MR) is 61.7 cm³/mol. The van der Waals surface area contributed by atoms with E-state index in [1.807, 2.05) is 0 Å². The fourth-order valence-electron chi connectivity index (χ4n) is 2.58. The third-order valence-electron chi connectivity index (χ3n) is 3.35. The van der Waals surface area contributed by atoms with Gasteiger partial charge in [0.1, 0.15) is 0 Å². The third kappa shape index (κ3) is 1.26. The van der Waals surface area contributed by atoms with Gasteiger partial charge in [-0.2, -0.15) is 9.13 Å². The van der Waals surface area contributed by atoms with E-state index in [4.69, 9.17) is 0 Å². The maximum absolute atomic E-state index is 2.36. The van der Waals surface area contributed by atoms with Crippen molar-refractivity contribution in [2.24, 2.45) is 0 Å². The zero-order valence-electron chi connectivity index (χ0n) is 9.77. The molecule has 2 heteroatoms. The number of hydrogen-bond donors (Lipinski definition) is 0. The van der Waals surface area contributed by atoms with Crippen molar-refractivity contribution in [3.63, 3.8) is 0 Å². The Bertz CT molecular complexity index is 507. The SMILES string of the molecule is Cc1ccc[n+]2c1-c1c(C)ccc[n+]1CC2. The monoisotopic (exact) mass is 212 g/mol. The van der Waals surface area contributed by atoms with Crippen LogP contribution < -0.4 is 9.13 Å². The second-order valence-electron chi connectivity index (χ2n) is 4.47. The van der Waals surface area contributed by atoms with Crippen LogP contribution in [0.15, 0.2) is 36.7 Å². The number of rotatable bonds is 0. The smallest absolute Gasteiger partial charge is 0.186 e. The molecular weight excluding hydrogens is 196 g/mol. The van der Waals surface area contributed by atoms with Crippen molar-refractivity contribution in [3.8, 4) is 11.4 Å². The van der Waals surface area contributed by atoms with Crippen molar-refractivity contribution in [2.75, 3.05) is 0 Å². The molecule has 0 bridgehead atoms. The summed E-state index contributed by atoms with van der Waals surface area (Å²) in [5, 5.41) is 0. The highest BCUT2D eigenvalue weighted by Crippen LogP contribution is 2.20. The van der Waals surface area contributed by atoms with Crippen LogP contribution in [0.3, 0.4) is 0 Å². The predicted octanol–water partition coefficient (Wildman–Crippen LogP) is 1.56. The van der Waals surface area contributed by atoms with Crippen LogP contribution in [0.5, 0.6) is 0 Å². The van der Waals surface area contributed by atoms with Gasteiger partial charge in [0.25, 0.3) is 11.4 Å². The number of hydrogen-bond acceptors (Lipinski definition) is 0. The zero-order chi connectivity index (χ0) is 11.1. The second-order valence-corrected chi connectivity index (χ2v) is 4.47. The number of fused-ring (bicyclic) bond motifs is 3. The number of nitrogens with zero attached hydrogens (tertiary/aromatic N) is 2. The molecule has 0 saturated carbocycles. The molecule has 0 atom stereocenters. The van der Waals surface area contributed by atoms with E-state index in [0.29, 0.717) is 0 Å². The van der Waals surface area contributed by atoms with Crippen LogP contribution in [-0.2, 0) is 13.1 Å². The first-order valence-corrected chi connectivity index (χ1v) is 5.76. The average Bonchev–Trinajstić information content (AvgIpc) is 2.29. The highest BCUT2D eigenvalue weighted by atomic mass is 15.1. The van der Waals surface area contributed by atoms with E-state index in [2.05, 4.69) is 59.6 Å². The Balaban J connectivity index is 2.37. The first-order valence-electron chi connectivity index (χ1n) is 5.76. The topological polar surface area (TPSA) is 7.76 Å². The van der Waals surface area contributed by atoms with Crippen molar-refractivity contribution >= 4 is 0 Å². The highest BCUT2D eigenvalue weighted by Gasteiger charge is 2.32. The molecule has 3 rings (SSSR count). The molecule has 0 fully saturated rings. The molecule has 0 saturated heterocycles. The molecule has 2 aromatic rings. The summed E-state index contributed by atoms with van der Waals surface area (Å²) in [6, 6.07) is 8.64. The van der Waals surface area contributed by atoms with E-state index >= 15 is 0 Å². The Morgan fingerprint density at radius 1 is 0.812 bits per heavy atom. The Morgan fingerprint density at radius 2 is 1.25 bits per heavy atom. The number of aryl methyl sites for hydroxylation is 4. The maximum Gasteiger partial charge on any atom is 0.280 e. The molecule has 80 valence electrons. The molecule has 0 aliphatic carbocycles. The first-order chi connectivity index (χ1) is 7.77. The van der Waals surface area contributed by atoms with Crippen molar-refractivity contribution in [2.45, 2.75) is 26.9 Å². The summed E-state index contributed by atoms with van der Waals surface area (Å²) in [5.74, 6) is 0. The lowest BCUT2D eigenvalue weighted by Crippen LogP contribution is -2.53. The zero-order valence-corrected chi connectivity index (χ0v) is 9.77. The van der Waals surface area contributed by atoms with Crippen LogP contribution in [0.25, 0.3) is 11.4 Å².